The molecule has 0 aliphatic carbocycles. The first kappa shape index (κ1) is 17.7. The standard InChI is InChI=1S/C22H31N3O/c1-22(2)15-17(11-14-26-22)16-25-12-9-19-20(10-13-25)23-24(3)21(19)18-7-5-4-6-8-18/h4-8,17H,9-16H2,1-3H3. The normalized spacial score (nSPS) is 23.4. The molecule has 4 nitrogen and oxygen atoms in total. The van der Waals surface area contributed by atoms with Crippen LogP contribution in [0.4, 0.5) is 0 Å². The van der Waals surface area contributed by atoms with E-state index in [0.29, 0.717) is 0 Å². The zero-order chi connectivity index (χ0) is 18.1. The van der Waals surface area contributed by atoms with E-state index >= 15 is 0 Å². The molecule has 4 heteroatoms. The number of aryl methyl sites for hydroxylation is 1. The molecule has 3 heterocycles. The number of ether oxygens (including phenoxy) is 1. The summed E-state index contributed by atoms with van der Waals surface area (Å²) in [4.78, 5) is 2.66. The first-order chi connectivity index (χ1) is 12.5. The summed E-state index contributed by atoms with van der Waals surface area (Å²) in [5, 5.41) is 4.86. The predicted octanol–water partition coefficient (Wildman–Crippen LogP) is 3.69. The van der Waals surface area contributed by atoms with Crippen molar-refractivity contribution in [1.29, 1.82) is 0 Å². The van der Waals surface area contributed by atoms with Crippen LogP contribution in [0.1, 0.15) is 37.9 Å². The van der Waals surface area contributed by atoms with Gasteiger partial charge in [0.1, 0.15) is 0 Å². The molecule has 2 aromatic rings. The fourth-order valence-corrected chi connectivity index (χ4v) is 4.75. The maximum atomic E-state index is 5.89. The monoisotopic (exact) mass is 353 g/mol. The second-order valence-corrected chi connectivity index (χ2v) is 8.53. The van der Waals surface area contributed by atoms with Crippen molar-refractivity contribution in [3.8, 4) is 11.3 Å². The smallest absolute Gasteiger partial charge is 0.0714 e. The molecule has 1 aromatic carbocycles. The quantitative estimate of drug-likeness (QED) is 0.843. The van der Waals surface area contributed by atoms with Crippen molar-refractivity contribution in [2.45, 2.75) is 45.1 Å². The molecule has 1 unspecified atom stereocenters. The summed E-state index contributed by atoms with van der Waals surface area (Å²) < 4.78 is 7.97. The van der Waals surface area contributed by atoms with E-state index in [1.165, 1.54) is 41.9 Å². The molecule has 0 bridgehead atoms. The number of rotatable bonds is 3. The first-order valence-corrected chi connectivity index (χ1v) is 9.98. The maximum absolute atomic E-state index is 5.89. The third-order valence-electron chi connectivity index (χ3n) is 5.93. The zero-order valence-corrected chi connectivity index (χ0v) is 16.4. The van der Waals surface area contributed by atoms with Gasteiger partial charge in [-0.05, 0) is 39.0 Å². The van der Waals surface area contributed by atoms with E-state index in [-0.39, 0.29) is 5.60 Å². The summed E-state index contributed by atoms with van der Waals surface area (Å²) in [5.74, 6) is 0.754. The Morgan fingerprint density at radius 3 is 2.69 bits per heavy atom. The van der Waals surface area contributed by atoms with Crippen molar-refractivity contribution in [2.24, 2.45) is 13.0 Å². The minimum atomic E-state index is 0.0427. The van der Waals surface area contributed by atoms with Gasteiger partial charge in [0, 0.05) is 50.8 Å². The Kier molecular flexibility index (Phi) is 4.89. The van der Waals surface area contributed by atoms with Crippen molar-refractivity contribution in [3.05, 3.63) is 41.6 Å². The van der Waals surface area contributed by atoms with Crippen LogP contribution in [-0.4, -0.2) is 46.5 Å². The number of benzene rings is 1. The lowest BCUT2D eigenvalue weighted by Crippen LogP contribution is -2.40. The molecule has 2 aliphatic rings. The molecule has 2 aliphatic heterocycles. The van der Waals surface area contributed by atoms with Crippen molar-refractivity contribution in [2.75, 3.05) is 26.2 Å². The van der Waals surface area contributed by atoms with Crippen LogP contribution in [-0.2, 0) is 24.6 Å². The number of nitrogens with zero attached hydrogens (tertiary/aromatic N) is 3. The van der Waals surface area contributed by atoms with Crippen LogP contribution in [0, 0.1) is 5.92 Å². The first-order valence-electron chi connectivity index (χ1n) is 9.98. The average Bonchev–Trinajstić information content (AvgIpc) is 2.80. The maximum Gasteiger partial charge on any atom is 0.0714 e. The Bertz CT molecular complexity index is 750. The lowest BCUT2D eigenvalue weighted by Gasteiger charge is -2.37. The van der Waals surface area contributed by atoms with Crippen molar-refractivity contribution >= 4 is 0 Å². The highest BCUT2D eigenvalue weighted by atomic mass is 16.5. The van der Waals surface area contributed by atoms with Crippen LogP contribution >= 0.6 is 0 Å². The summed E-state index contributed by atoms with van der Waals surface area (Å²) in [5.41, 5.74) is 5.37. The van der Waals surface area contributed by atoms with Crippen LogP contribution < -0.4 is 0 Å². The lowest BCUT2D eigenvalue weighted by molar-refractivity contribution is -0.0766. The highest BCUT2D eigenvalue weighted by Crippen LogP contribution is 2.31. The Labute approximate surface area is 157 Å². The molecular formula is C22H31N3O. The molecule has 1 aromatic heterocycles. The molecule has 0 radical (unpaired) electrons. The summed E-state index contributed by atoms with van der Waals surface area (Å²) in [6, 6.07) is 10.7. The van der Waals surface area contributed by atoms with E-state index in [9.17, 15) is 0 Å². The fraction of sp³-hybridized carbons (Fsp3) is 0.591. The van der Waals surface area contributed by atoms with Crippen molar-refractivity contribution < 1.29 is 4.74 Å². The fourth-order valence-electron chi connectivity index (χ4n) is 4.75. The van der Waals surface area contributed by atoms with Gasteiger partial charge in [0.25, 0.3) is 0 Å². The van der Waals surface area contributed by atoms with Crippen LogP contribution in [0.15, 0.2) is 30.3 Å². The SMILES string of the molecule is Cn1nc2c(c1-c1ccccc1)CCN(CC1CCOC(C)(C)C1)CC2. The van der Waals surface area contributed by atoms with Gasteiger partial charge in [-0.15, -0.1) is 0 Å². The molecule has 0 N–H and O–H groups in total. The predicted molar refractivity (Wildman–Crippen MR) is 105 cm³/mol. The molecular weight excluding hydrogens is 322 g/mol. The Morgan fingerprint density at radius 2 is 1.92 bits per heavy atom. The van der Waals surface area contributed by atoms with Crippen molar-refractivity contribution in [3.63, 3.8) is 0 Å². The van der Waals surface area contributed by atoms with Crippen molar-refractivity contribution in [1.82, 2.24) is 14.7 Å². The van der Waals surface area contributed by atoms with Crippen LogP contribution in [0.3, 0.4) is 0 Å². The van der Waals surface area contributed by atoms with E-state index in [0.717, 1.165) is 38.5 Å². The molecule has 1 saturated heterocycles. The highest BCUT2D eigenvalue weighted by Gasteiger charge is 2.30. The van der Waals surface area contributed by atoms with Gasteiger partial charge in [-0.2, -0.15) is 5.10 Å². The van der Waals surface area contributed by atoms with Gasteiger partial charge in [0.15, 0.2) is 0 Å². The molecule has 1 fully saturated rings. The lowest BCUT2D eigenvalue weighted by atomic mass is 9.88. The van der Waals surface area contributed by atoms with Gasteiger partial charge in [0.2, 0.25) is 0 Å². The van der Waals surface area contributed by atoms with E-state index < -0.39 is 0 Å². The largest absolute Gasteiger partial charge is 0.376 e. The third-order valence-corrected chi connectivity index (χ3v) is 5.93. The van der Waals surface area contributed by atoms with Gasteiger partial charge in [0.05, 0.1) is 17.0 Å². The van der Waals surface area contributed by atoms with Gasteiger partial charge in [-0.1, -0.05) is 30.3 Å². The van der Waals surface area contributed by atoms with Gasteiger partial charge in [-0.25, -0.2) is 0 Å². The zero-order valence-electron chi connectivity index (χ0n) is 16.4. The molecule has 1 atom stereocenters. The topological polar surface area (TPSA) is 30.3 Å². The second kappa shape index (κ2) is 7.16. The number of hydrogen-bond acceptors (Lipinski definition) is 3. The summed E-state index contributed by atoms with van der Waals surface area (Å²) >= 11 is 0. The second-order valence-electron chi connectivity index (χ2n) is 8.53. The summed E-state index contributed by atoms with van der Waals surface area (Å²) in [6.45, 7) is 8.82. The molecule has 0 amide bonds. The summed E-state index contributed by atoms with van der Waals surface area (Å²) in [7, 11) is 2.08. The third kappa shape index (κ3) is 3.72. The van der Waals surface area contributed by atoms with E-state index in [1.807, 2.05) is 0 Å². The number of hydrogen-bond donors (Lipinski definition) is 0. The van der Waals surface area contributed by atoms with E-state index in [2.05, 4.69) is 60.8 Å². The number of aromatic nitrogens is 2. The van der Waals surface area contributed by atoms with Gasteiger partial charge < -0.3 is 9.64 Å². The Hall–Kier alpha value is -1.65. The average molecular weight is 354 g/mol. The molecule has 140 valence electrons. The summed E-state index contributed by atoms with van der Waals surface area (Å²) in [6.07, 6.45) is 4.52. The van der Waals surface area contributed by atoms with Crippen LogP contribution in [0.2, 0.25) is 0 Å². The highest BCUT2D eigenvalue weighted by molar-refractivity contribution is 5.64. The molecule has 26 heavy (non-hydrogen) atoms. The Morgan fingerprint density at radius 1 is 1.15 bits per heavy atom. The number of fused-ring (bicyclic) bond motifs is 1. The molecule has 0 saturated carbocycles. The minimum absolute atomic E-state index is 0.0427. The minimum Gasteiger partial charge on any atom is -0.376 e. The van der Waals surface area contributed by atoms with Gasteiger partial charge >= 0.3 is 0 Å². The molecule has 0 spiro atoms. The molecule has 4 rings (SSSR count). The van der Waals surface area contributed by atoms with E-state index in [4.69, 9.17) is 9.84 Å². The van der Waals surface area contributed by atoms with E-state index in [1.54, 1.807) is 0 Å². The van der Waals surface area contributed by atoms with Crippen LogP contribution in [0.25, 0.3) is 11.3 Å². The van der Waals surface area contributed by atoms with Crippen LogP contribution in [0.5, 0.6) is 0 Å². The Balaban J connectivity index is 1.47. The van der Waals surface area contributed by atoms with Gasteiger partial charge in [-0.3, -0.25) is 4.68 Å².